The van der Waals surface area contributed by atoms with E-state index in [1.807, 2.05) is 6.92 Å². The number of carbonyl (C=O) groups is 1. The summed E-state index contributed by atoms with van der Waals surface area (Å²) in [7, 11) is 1.73. The van der Waals surface area contributed by atoms with Gasteiger partial charge in [0.15, 0.2) is 4.77 Å². The van der Waals surface area contributed by atoms with Crippen LogP contribution in [0.2, 0.25) is 0 Å². The largest absolute Gasteiger partial charge is 0.368 e. The second kappa shape index (κ2) is 4.43. The highest BCUT2D eigenvalue weighted by molar-refractivity contribution is 7.71. The molecular weight excluding hydrogens is 214 g/mol. The first-order valence-corrected chi connectivity index (χ1v) is 5.07. The Bertz CT molecular complexity index is 409. The maximum Gasteiger partial charge on any atom is 0.245 e. The Kier molecular flexibility index (Phi) is 3.46. The van der Waals surface area contributed by atoms with Gasteiger partial charge in [0.25, 0.3) is 0 Å². The molecule has 0 aliphatic carbocycles. The minimum Gasteiger partial charge on any atom is -0.368 e. The number of amides is 1. The third-order valence-electron chi connectivity index (χ3n) is 2.33. The van der Waals surface area contributed by atoms with Gasteiger partial charge >= 0.3 is 0 Å². The second-order valence-corrected chi connectivity index (χ2v) is 3.67. The molecule has 84 valence electrons. The maximum atomic E-state index is 11.8. The van der Waals surface area contributed by atoms with Gasteiger partial charge in [-0.15, -0.1) is 5.10 Å². The summed E-state index contributed by atoms with van der Waals surface area (Å²) in [6, 6.07) is -0.429. The lowest BCUT2D eigenvalue weighted by molar-refractivity contribution is -0.132. The lowest BCUT2D eigenvalue weighted by Crippen LogP contribution is -2.33. The number of hydrogen-bond donors (Lipinski definition) is 2. The summed E-state index contributed by atoms with van der Waals surface area (Å²) in [5.41, 5.74) is 5.60. The summed E-state index contributed by atoms with van der Waals surface area (Å²) in [6.45, 7) is 4.30. The zero-order chi connectivity index (χ0) is 11.6. The van der Waals surface area contributed by atoms with Crippen LogP contribution in [0.4, 0.5) is 5.95 Å². The minimum absolute atomic E-state index is 0.0401. The van der Waals surface area contributed by atoms with E-state index in [-0.39, 0.29) is 11.9 Å². The van der Waals surface area contributed by atoms with Crippen LogP contribution in [0.1, 0.15) is 19.9 Å². The molecule has 1 atom stereocenters. The Morgan fingerprint density at radius 2 is 2.40 bits per heavy atom. The number of nitrogen functional groups attached to an aromatic ring is 1. The van der Waals surface area contributed by atoms with E-state index in [1.165, 1.54) is 4.57 Å². The van der Waals surface area contributed by atoms with E-state index in [0.717, 1.165) is 0 Å². The first-order valence-electron chi connectivity index (χ1n) is 4.66. The number of anilines is 1. The molecule has 1 unspecified atom stereocenters. The van der Waals surface area contributed by atoms with Crippen molar-refractivity contribution in [2.75, 3.05) is 19.3 Å². The van der Waals surface area contributed by atoms with Crippen LogP contribution in [-0.4, -0.2) is 39.2 Å². The van der Waals surface area contributed by atoms with Gasteiger partial charge in [0.2, 0.25) is 11.9 Å². The van der Waals surface area contributed by atoms with Crippen molar-refractivity contribution in [1.29, 1.82) is 0 Å². The third-order valence-corrected chi connectivity index (χ3v) is 2.61. The molecule has 1 heterocycles. The van der Waals surface area contributed by atoms with Crippen molar-refractivity contribution in [2.24, 2.45) is 0 Å². The summed E-state index contributed by atoms with van der Waals surface area (Å²) in [6.07, 6.45) is 0. The Balaban J connectivity index is 3.00. The number of hydrogen-bond acceptors (Lipinski definition) is 4. The first-order chi connectivity index (χ1) is 6.99. The standard InChI is InChI=1S/C8H15N5OS/c1-4-12(3)6(14)5(2)13-7(9)10-11-8(13)15/h5H,4H2,1-3H3,(H2,9,10)(H,11,15). The van der Waals surface area contributed by atoms with Crippen molar-refractivity contribution >= 4 is 24.1 Å². The molecule has 1 aromatic rings. The van der Waals surface area contributed by atoms with Gasteiger partial charge in [-0.25, -0.2) is 5.10 Å². The number of nitrogens with two attached hydrogens (primary N) is 1. The van der Waals surface area contributed by atoms with Crippen LogP contribution in [-0.2, 0) is 4.79 Å². The summed E-state index contributed by atoms with van der Waals surface area (Å²) in [5, 5.41) is 6.31. The Labute approximate surface area is 93.1 Å². The van der Waals surface area contributed by atoms with Crippen LogP contribution in [0.3, 0.4) is 0 Å². The second-order valence-electron chi connectivity index (χ2n) is 3.29. The number of nitrogens with zero attached hydrogens (tertiary/aromatic N) is 3. The fourth-order valence-corrected chi connectivity index (χ4v) is 1.57. The van der Waals surface area contributed by atoms with E-state index in [2.05, 4.69) is 10.2 Å². The molecule has 0 aliphatic heterocycles. The highest BCUT2D eigenvalue weighted by atomic mass is 32.1. The molecule has 7 heteroatoms. The Morgan fingerprint density at radius 3 is 2.80 bits per heavy atom. The van der Waals surface area contributed by atoms with Gasteiger partial charge in [-0.3, -0.25) is 9.36 Å². The van der Waals surface area contributed by atoms with E-state index in [9.17, 15) is 4.79 Å². The molecule has 0 saturated heterocycles. The smallest absolute Gasteiger partial charge is 0.245 e. The molecule has 0 spiro atoms. The molecule has 15 heavy (non-hydrogen) atoms. The average Bonchev–Trinajstić information content (AvgIpc) is 2.55. The molecule has 0 saturated carbocycles. The van der Waals surface area contributed by atoms with E-state index in [1.54, 1.807) is 18.9 Å². The number of rotatable bonds is 3. The molecule has 1 rings (SSSR count). The molecule has 0 aromatic carbocycles. The highest BCUT2D eigenvalue weighted by Gasteiger charge is 2.20. The van der Waals surface area contributed by atoms with E-state index in [0.29, 0.717) is 11.3 Å². The number of carbonyl (C=O) groups excluding carboxylic acids is 1. The summed E-state index contributed by atoms with van der Waals surface area (Å²) >= 11 is 4.99. The van der Waals surface area contributed by atoms with E-state index in [4.69, 9.17) is 18.0 Å². The van der Waals surface area contributed by atoms with Crippen molar-refractivity contribution in [1.82, 2.24) is 19.7 Å². The Hall–Kier alpha value is -1.37. The van der Waals surface area contributed by atoms with Gasteiger partial charge in [-0.2, -0.15) is 0 Å². The van der Waals surface area contributed by atoms with Crippen LogP contribution in [0.15, 0.2) is 0 Å². The predicted octanol–water partition coefficient (Wildman–Crippen LogP) is 0.562. The lowest BCUT2D eigenvalue weighted by atomic mass is 10.3. The monoisotopic (exact) mass is 229 g/mol. The number of likely N-dealkylation sites (N-methyl/N-ethyl adjacent to an activating group) is 1. The molecule has 1 amide bonds. The SMILES string of the molecule is CCN(C)C(=O)C(C)n1c(N)n[nH]c1=S. The summed E-state index contributed by atoms with van der Waals surface area (Å²) < 4.78 is 1.86. The van der Waals surface area contributed by atoms with Gasteiger partial charge in [0, 0.05) is 13.6 Å². The van der Waals surface area contributed by atoms with E-state index < -0.39 is 6.04 Å². The fourth-order valence-electron chi connectivity index (χ4n) is 1.28. The van der Waals surface area contributed by atoms with Crippen molar-refractivity contribution < 1.29 is 4.79 Å². The van der Waals surface area contributed by atoms with Crippen LogP contribution < -0.4 is 5.73 Å². The Morgan fingerprint density at radius 1 is 1.80 bits per heavy atom. The average molecular weight is 229 g/mol. The topological polar surface area (TPSA) is 79.9 Å². The third kappa shape index (κ3) is 2.17. The first kappa shape index (κ1) is 11.7. The van der Waals surface area contributed by atoms with Crippen LogP contribution in [0.25, 0.3) is 0 Å². The maximum absolute atomic E-state index is 11.8. The normalized spacial score (nSPS) is 12.5. The van der Waals surface area contributed by atoms with Crippen LogP contribution in [0, 0.1) is 4.77 Å². The molecular formula is C8H15N5OS. The summed E-state index contributed by atoms with van der Waals surface area (Å²) in [5.74, 6) is 0.187. The van der Waals surface area contributed by atoms with Crippen LogP contribution in [0.5, 0.6) is 0 Å². The molecule has 0 bridgehead atoms. The van der Waals surface area contributed by atoms with Gasteiger partial charge in [-0.05, 0) is 26.1 Å². The van der Waals surface area contributed by atoms with Crippen molar-refractivity contribution in [2.45, 2.75) is 19.9 Å². The highest BCUT2D eigenvalue weighted by Crippen LogP contribution is 2.13. The fraction of sp³-hybridized carbons (Fsp3) is 0.625. The summed E-state index contributed by atoms with van der Waals surface area (Å²) in [4.78, 5) is 13.4. The zero-order valence-corrected chi connectivity index (χ0v) is 9.84. The zero-order valence-electron chi connectivity index (χ0n) is 9.02. The number of aromatic nitrogens is 3. The number of aromatic amines is 1. The van der Waals surface area contributed by atoms with Gasteiger partial charge in [0.1, 0.15) is 6.04 Å². The predicted molar refractivity (Wildman–Crippen MR) is 59.8 cm³/mol. The molecule has 3 N–H and O–H groups in total. The van der Waals surface area contributed by atoms with Crippen molar-refractivity contribution in [3.8, 4) is 0 Å². The minimum atomic E-state index is -0.429. The van der Waals surface area contributed by atoms with Gasteiger partial charge in [-0.1, -0.05) is 0 Å². The molecule has 0 aliphatic rings. The van der Waals surface area contributed by atoms with Gasteiger partial charge < -0.3 is 10.6 Å². The van der Waals surface area contributed by atoms with Crippen LogP contribution >= 0.6 is 12.2 Å². The molecule has 0 radical (unpaired) electrons. The number of H-pyrrole nitrogens is 1. The quantitative estimate of drug-likeness (QED) is 0.742. The molecule has 1 aromatic heterocycles. The number of nitrogens with one attached hydrogen (secondary N) is 1. The van der Waals surface area contributed by atoms with Crippen molar-refractivity contribution in [3.63, 3.8) is 0 Å². The van der Waals surface area contributed by atoms with Gasteiger partial charge in [0.05, 0.1) is 0 Å². The van der Waals surface area contributed by atoms with Crippen molar-refractivity contribution in [3.05, 3.63) is 4.77 Å². The molecule has 6 nitrogen and oxygen atoms in total. The molecule has 0 fully saturated rings. The lowest BCUT2D eigenvalue weighted by Gasteiger charge is -2.20. The van der Waals surface area contributed by atoms with E-state index >= 15 is 0 Å².